The lowest BCUT2D eigenvalue weighted by atomic mass is 10.1. The standard InChI is InChI=1S/C17H24N4O/c1-4-13(2)20-17-19-12-10-16(21-17)18-11-9-14-7-5-6-8-15(14)22-3/h5-8,10,12-13H,4,9,11H2,1-3H3,(H2,18,19,20,21). The van der Waals surface area contributed by atoms with E-state index in [1.807, 2.05) is 24.3 Å². The number of para-hydroxylation sites is 1. The largest absolute Gasteiger partial charge is 0.496 e. The molecule has 0 spiro atoms. The minimum atomic E-state index is 0.365. The first-order valence-electron chi connectivity index (χ1n) is 7.68. The zero-order chi connectivity index (χ0) is 15.8. The zero-order valence-electron chi connectivity index (χ0n) is 13.5. The first kappa shape index (κ1) is 16.1. The Balaban J connectivity index is 1.90. The van der Waals surface area contributed by atoms with Crippen LogP contribution in [0.15, 0.2) is 36.5 Å². The van der Waals surface area contributed by atoms with Crippen molar-refractivity contribution in [3.63, 3.8) is 0 Å². The number of benzene rings is 1. The van der Waals surface area contributed by atoms with Gasteiger partial charge in [0, 0.05) is 18.8 Å². The summed E-state index contributed by atoms with van der Waals surface area (Å²) in [5, 5.41) is 6.61. The second-order valence-electron chi connectivity index (χ2n) is 5.21. The number of nitrogens with one attached hydrogen (secondary N) is 2. The van der Waals surface area contributed by atoms with Gasteiger partial charge in [-0.2, -0.15) is 4.98 Å². The lowest BCUT2D eigenvalue weighted by molar-refractivity contribution is 0.410. The van der Waals surface area contributed by atoms with Crippen LogP contribution in [-0.4, -0.2) is 29.7 Å². The van der Waals surface area contributed by atoms with E-state index in [-0.39, 0.29) is 0 Å². The Morgan fingerprint density at radius 3 is 2.82 bits per heavy atom. The molecule has 22 heavy (non-hydrogen) atoms. The number of anilines is 2. The van der Waals surface area contributed by atoms with Gasteiger partial charge >= 0.3 is 0 Å². The van der Waals surface area contributed by atoms with Gasteiger partial charge in [-0.05, 0) is 37.5 Å². The average Bonchev–Trinajstić information content (AvgIpc) is 2.55. The average molecular weight is 300 g/mol. The molecule has 0 fully saturated rings. The van der Waals surface area contributed by atoms with E-state index in [1.165, 1.54) is 5.56 Å². The van der Waals surface area contributed by atoms with Gasteiger partial charge < -0.3 is 15.4 Å². The minimum Gasteiger partial charge on any atom is -0.496 e. The lowest BCUT2D eigenvalue weighted by Gasteiger charge is -2.13. The summed E-state index contributed by atoms with van der Waals surface area (Å²) in [4.78, 5) is 8.71. The van der Waals surface area contributed by atoms with Crippen LogP contribution in [0.25, 0.3) is 0 Å². The van der Waals surface area contributed by atoms with Gasteiger partial charge in [-0.1, -0.05) is 25.1 Å². The quantitative estimate of drug-likeness (QED) is 0.783. The maximum Gasteiger partial charge on any atom is 0.224 e. The number of hydrogen-bond acceptors (Lipinski definition) is 5. The molecule has 1 atom stereocenters. The molecule has 5 nitrogen and oxygen atoms in total. The van der Waals surface area contributed by atoms with Crippen LogP contribution in [-0.2, 0) is 6.42 Å². The van der Waals surface area contributed by atoms with Crippen LogP contribution in [0.5, 0.6) is 5.75 Å². The third kappa shape index (κ3) is 4.62. The Labute approximate surface area is 132 Å². The number of nitrogens with zero attached hydrogens (tertiary/aromatic N) is 2. The Hall–Kier alpha value is -2.30. The van der Waals surface area contributed by atoms with Gasteiger partial charge in [0.25, 0.3) is 0 Å². The molecule has 0 aliphatic carbocycles. The molecule has 1 unspecified atom stereocenters. The smallest absolute Gasteiger partial charge is 0.224 e. The number of aromatic nitrogens is 2. The van der Waals surface area contributed by atoms with E-state index >= 15 is 0 Å². The van der Waals surface area contributed by atoms with Crippen LogP contribution >= 0.6 is 0 Å². The molecule has 0 bridgehead atoms. The SMILES string of the molecule is CCC(C)Nc1nccc(NCCc2ccccc2OC)n1. The van der Waals surface area contributed by atoms with E-state index in [4.69, 9.17) is 4.74 Å². The van der Waals surface area contributed by atoms with E-state index < -0.39 is 0 Å². The molecule has 0 saturated carbocycles. The Kier molecular flexibility index (Phi) is 6.01. The summed E-state index contributed by atoms with van der Waals surface area (Å²) in [5.74, 6) is 2.42. The first-order chi connectivity index (χ1) is 10.7. The van der Waals surface area contributed by atoms with Gasteiger partial charge in [-0.25, -0.2) is 4.98 Å². The summed E-state index contributed by atoms with van der Waals surface area (Å²) in [7, 11) is 1.70. The second kappa shape index (κ2) is 8.22. The zero-order valence-corrected chi connectivity index (χ0v) is 13.5. The van der Waals surface area contributed by atoms with Gasteiger partial charge in [0.2, 0.25) is 5.95 Å². The fourth-order valence-electron chi connectivity index (χ4n) is 2.08. The fraction of sp³-hybridized carbons (Fsp3) is 0.412. The van der Waals surface area contributed by atoms with Crippen LogP contribution in [0.3, 0.4) is 0 Å². The predicted octanol–water partition coefficient (Wildman–Crippen LogP) is 3.35. The van der Waals surface area contributed by atoms with Crippen LogP contribution in [0.4, 0.5) is 11.8 Å². The normalized spacial score (nSPS) is 11.8. The molecule has 1 aromatic carbocycles. The Morgan fingerprint density at radius 1 is 1.23 bits per heavy atom. The van der Waals surface area contributed by atoms with E-state index in [0.29, 0.717) is 12.0 Å². The molecule has 0 saturated heterocycles. The van der Waals surface area contributed by atoms with Crippen molar-refractivity contribution >= 4 is 11.8 Å². The lowest BCUT2D eigenvalue weighted by Crippen LogP contribution is -2.16. The van der Waals surface area contributed by atoms with E-state index in [2.05, 4.69) is 40.5 Å². The topological polar surface area (TPSA) is 59.1 Å². The summed E-state index contributed by atoms with van der Waals surface area (Å²) >= 11 is 0. The maximum atomic E-state index is 5.36. The van der Waals surface area contributed by atoms with Crippen LogP contribution in [0.2, 0.25) is 0 Å². The molecule has 0 aliphatic heterocycles. The van der Waals surface area contributed by atoms with Crippen LogP contribution < -0.4 is 15.4 Å². The highest BCUT2D eigenvalue weighted by Crippen LogP contribution is 2.17. The maximum absolute atomic E-state index is 5.36. The number of rotatable bonds is 8. The molecule has 1 heterocycles. The first-order valence-corrected chi connectivity index (χ1v) is 7.68. The minimum absolute atomic E-state index is 0.365. The van der Waals surface area contributed by atoms with Gasteiger partial charge in [0.15, 0.2) is 0 Å². The van der Waals surface area contributed by atoms with Gasteiger partial charge in [-0.3, -0.25) is 0 Å². The van der Waals surface area contributed by atoms with Crippen molar-refractivity contribution in [1.29, 1.82) is 0 Å². The summed E-state index contributed by atoms with van der Waals surface area (Å²) in [6.45, 7) is 5.04. The van der Waals surface area contributed by atoms with Crippen molar-refractivity contribution in [3.8, 4) is 5.75 Å². The molecular formula is C17H24N4O. The van der Waals surface area contributed by atoms with Crippen molar-refractivity contribution in [2.24, 2.45) is 0 Å². The van der Waals surface area contributed by atoms with Gasteiger partial charge in [0.05, 0.1) is 7.11 Å². The third-order valence-electron chi connectivity index (χ3n) is 3.54. The van der Waals surface area contributed by atoms with Crippen molar-refractivity contribution in [1.82, 2.24) is 9.97 Å². The molecule has 2 rings (SSSR count). The van der Waals surface area contributed by atoms with E-state index in [9.17, 15) is 0 Å². The van der Waals surface area contributed by atoms with Crippen LogP contribution in [0, 0.1) is 0 Å². The van der Waals surface area contributed by atoms with Crippen molar-refractivity contribution in [2.75, 3.05) is 24.3 Å². The van der Waals surface area contributed by atoms with E-state index in [0.717, 1.165) is 31.0 Å². The third-order valence-corrected chi connectivity index (χ3v) is 3.54. The molecule has 0 radical (unpaired) electrons. The molecule has 0 aliphatic rings. The van der Waals surface area contributed by atoms with Gasteiger partial charge in [0.1, 0.15) is 11.6 Å². The molecule has 2 N–H and O–H groups in total. The highest BCUT2D eigenvalue weighted by Gasteiger charge is 2.04. The second-order valence-corrected chi connectivity index (χ2v) is 5.21. The molecule has 2 aromatic rings. The molecule has 118 valence electrons. The summed E-state index contributed by atoms with van der Waals surface area (Å²) in [6.07, 6.45) is 3.68. The Bertz CT molecular complexity index is 588. The fourth-order valence-corrected chi connectivity index (χ4v) is 2.08. The molecule has 1 aromatic heterocycles. The highest BCUT2D eigenvalue weighted by molar-refractivity contribution is 5.40. The summed E-state index contributed by atoms with van der Waals surface area (Å²) < 4.78 is 5.36. The number of methoxy groups -OCH3 is 1. The van der Waals surface area contributed by atoms with E-state index in [1.54, 1.807) is 13.3 Å². The molecular weight excluding hydrogens is 276 g/mol. The molecule has 0 amide bonds. The number of ether oxygens (including phenoxy) is 1. The van der Waals surface area contributed by atoms with Crippen molar-refractivity contribution in [2.45, 2.75) is 32.7 Å². The highest BCUT2D eigenvalue weighted by atomic mass is 16.5. The molecule has 5 heteroatoms. The van der Waals surface area contributed by atoms with Crippen molar-refractivity contribution < 1.29 is 4.74 Å². The Morgan fingerprint density at radius 2 is 2.05 bits per heavy atom. The predicted molar refractivity (Wildman–Crippen MR) is 90.6 cm³/mol. The van der Waals surface area contributed by atoms with Gasteiger partial charge in [-0.15, -0.1) is 0 Å². The number of hydrogen-bond donors (Lipinski definition) is 2. The monoisotopic (exact) mass is 300 g/mol. The summed E-state index contributed by atoms with van der Waals surface area (Å²) in [6, 6.07) is 10.3. The summed E-state index contributed by atoms with van der Waals surface area (Å²) in [5.41, 5.74) is 1.18. The van der Waals surface area contributed by atoms with Crippen molar-refractivity contribution in [3.05, 3.63) is 42.1 Å². The van der Waals surface area contributed by atoms with Crippen LogP contribution in [0.1, 0.15) is 25.8 Å².